The van der Waals surface area contributed by atoms with Gasteiger partial charge in [0, 0.05) is 13.1 Å². The molecule has 1 aliphatic rings. The number of benzene rings is 2. The minimum Gasteiger partial charge on any atom is -0.223 e. The van der Waals surface area contributed by atoms with E-state index in [0.29, 0.717) is 12.8 Å². The zero-order chi connectivity index (χ0) is 18.9. The highest BCUT2D eigenvalue weighted by Gasteiger charge is 2.37. The van der Waals surface area contributed by atoms with Crippen LogP contribution in [0.4, 0.5) is 4.39 Å². The molecule has 1 heterocycles. The van der Waals surface area contributed by atoms with Gasteiger partial charge in [-0.05, 0) is 49.2 Å². The number of halogens is 2. The molecule has 2 aromatic rings. The predicted octanol–water partition coefficient (Wildman–Crippen LogP) is 3.11. The molecule has 3 rings (SSSR count). The summed E-state index contributed by atoms with van der Waals surface area (Å²) in [6.45, 7) is 0.0657. The van der Waals surface area contributed by atoms with Crippen LogP contribution in [0.5, 0.6) is 0 Å². The number of sulfone groups is 1. The van der Waals surface area contributed by atoms with E-state index < -0.39 is 30.9 Å². The molecule has 0 aliphatic carbocycles. The van der Waals surface area contributed by atoms with E-state index in [-0.39, 0.29) is 27.9 Å². The summed E-state index contributed by atoms with van der Waals surface area (Å²) in [5, 5.41) is -0.796. The fraction of sp³-hybridized carbons (Fsp3) is 0.294. The van der Waals surface area contributed by atoms with Crippen molar-refractivity contribution in [3.63, 3.8) is 0 Å². The van der Waals surface area contributed by atoms with Crippen molar-refractivity contribution in [2.45, 2.75) is 27.9 Å². The summed E-state index contributed by atoms with van der Waals surface area (Å²) in [6, 6.07) is 10.6. The molecular weight excluding hydrogens is 401 g/mol. The first-order valence-electron chi connectivity index (χ1n) is 7.97. The minimum atomic E-state index is -3.90. The molecule has 26 heavy (non-hydrogen) atoms. The number of rotatable bonds is 4. The first-order valence-corrected chi connectivity index (χ1v) is 11.3. The lowest BCUT2D eigenvalue weighted by Gasteiger charge is -2.31. The van der Waals surface area contributed by atoms with E-state index in [1.165, 1.54) is 24.3 Å². The Morgan fingerprint density at radius 3 is 2.31 bits per heavy atom. The van der Waals surface area contributed by atoms with E-state index >= 15 is 0 Å². The molecule has 0 aromatic heterocycles. The van der Waals surface area contributed by atoms with Gasteiger partial charge >= 0.3 is 0 Å². The van der Waals surface area contributed by atoms with Gasteiger partial charge in [-0.25, -0.2) is 21.2 Å². The van der Waals surface area contributed by atoms with Crippen molar-refractivity contribution in [1.82, 2.24) is 4.31 Å². The van der Waals surface area contributed by atoms with Crippen LogP contribution < -0.4 is 0 Å². The van der Waals surface area contributed by atoms with Gasteiger partial charge in [0.25, 0.3) is 0 Å². The van der Waals surface area contributed by atoms with Gasteiger partial charge in [-0.3, -0.25) is 0 Å². The number of nitrogens with zero attached hydrogens (tertiary/aromatic N) is 1. The third-order valence-electron chi connectivity index (χ3n) is 4.38. The van der Waals surface area contributed by atoms with Crippen molar-refractivity contribution in [1.29, 1.82) is 0 Å². The second-order valence-corrected chi connectivity index (χ2v) is 10.6. The first-order chi connectivity index (χ1) is 12.2. The van der Waals surface area contributed by atoms with E-state index in [4.69, 9.17) is 11.6 Å². The van der Waals surface area contributed by atoms with Gasteiger partial charge in [-0.1, -0.05) is 23.7 Å². The lowest BCUT2D eigenvalue weighted by atomic mass is 10.2. The maximum absolute atomic E-state index is 13.1. The van der Waals surface area contributed by atoms with Gasteiger partial charge in [-0.2, -0.15) is 4.31 Å². The topological polar surface area (TPSA) is 71.5 Å². The highest BCUT2D eigenvalue weighted by atomic mass is 35.5. The summed E-state index contributed by atoms with van der Waals surface area (Å²) in [5.74, 6) is -0.532. The molecule has 0 unspecified atom stereocenters. The zero-order valence-electron chi connectivity index (χ0n) is 13.7. The Labute approximate surface area is 157 Å². The SMILES string of the molecule is O=S(=O)(c1ccc(F)cc1)[C@H]1CCCN(S(=O)(=O)c2ccccc2Cl)C1. The standard InChI is InChI=1S/C17H17ClFNO4S2/c18-16-5-1-2-6-17(16)26(23,24)20-11-3-4-15(12-20)25(21,22)14-9-7-13(19)8-10-14/h1-2,5-10,15H,3-4,11-12H2/t15-/m0/s1. The smallest absolute Gasteiger partial charge is 0.223 e. The Kier molecular flexibility index (Phi) is 5.39. The molecule has 0 N–H and O–H groups in total. The zero-order valence-corrected chi connectivity index (χ0v) is 16.1. The lowest BCUT2D eigenvalue weighted by Crippen LogP contribution is -2.45. The van der Waals surface area contributed by atoms with Crippen LogP contribution in [0.2, 0.25) is 5.02 Å². The average Bonchev–Trinajstić information content (AvgIpc) is 2.62. The fourth-order valence-corrected chi connectivity index (χ4v) is 6.85. The number of hydrogen-bond acceptors (Lipinski definition) is 4. The van der Waals surface area contributed by atoms with Crippen molar-refractivity contribution in [3.05, 3.63) is 59.4 Å². The molecule has 0 bridgehead atoms. The number of piperidine rings is 1. The highest BCUT2D eigenvalue weighted by Crippen LogP contribution is 2.30. The second kappa shape index (κ2) is 7.26. The van der Waals surface area contributed by atoms with E-state index in [0.717, 1.165) is 16.4 Å². The molecule has 5 nitrogen and oxygen atoms in total. The fourth-order valence-electron chi connectivity index (χ4n) is 2.99. The summed E-state index contributed by atoms with van der Waals surface area (Å²) in [7, 11) is -7.67. The normalized spacial score (nSPS) is 19.4. The molecule has 0 spiro atoms. The minimum absolute atomic E-state index is 0.0131. The second-order valence-electron chi connectivity index (χ2n) is 6.06. The number of sulfonamides is 1. The van der Waals surface area contributed by atoms with E-state index in [1.807, 2.05) is 0 Å². The van der Waals surface area contributed by atoms with Crippen LogP contribution in [0.25, 0.3) is 0 Å². The predicted molar refractivity (Wildman–Crippen MR) is 96.8 cm³/mol. The van der Waals surface area contributed by atoms with Crippen LogP contribution >= 0.6 is 11.6 Å². The largest absolute Gasteiger partial charge is 0.244 e. The molecule has 1 saturated heterocycles. The lowest BCUT2D eigenvalue weighted by molar-refractivity contribution is 0.346. The monoisotopic (exact) mass is 417 g/mol. The first kappa shape index (κ1) is 19.3. The molecular formula is C17H17ClFNO4S2. The highest BCUT2D eigenvalue weighted by molar-refractivity contribution is 7.92. The van der Waals surface area contributed by atoms with Crippen LogP contribution in [0, 0.1) is 5.82 Å². The van der Waals surface area contributed by atoms with Gasteiger partial charge in [0.2, 0.25) is 10.0 Å². The number of hydrogen-bond donors (Lipinski definition) is 0. The molecule has 0 radical (unpaired) electrons. The Hall–Kier alpha value is -1.48. The van der Waals surface area contributed by atoms with Crippen molar-refractivity contribution >= 4 is 31.5 Å². The Morgan fingerprint density at radius 1 is 1.00 bits per heavy atom. The van der Waals surface area contributed by atoms with Crippen LogP contribution in [0.3, 0.4) is 0 Å². The van der Waals surface area contributed by atoms with Crippen molar-refractivity contribution in [2.24, 2.45) is 0 Å². The van der Waals surface area contributed by atoms with E-state index in [9.17, 15) is 21.2 Å². The summed E-state index contributed by atoms with van der Waals surface area (Å²) in [5.41, 5.74) is 0. The Bertz CT molecular complexity index is 1010. The van der Waals surface area contributed by atoms with Gasteiger partial charge in [0.15, 0.2) is 9.84 Å². The third kappa shape index (κ3) is 3.64. The van der Waals surface area contributed by atoms with Crippen molar-refractivity contribution < 1.29 is 21.2 Å². The summed E-state index contributed by atoms with van der Waals surface area (Å²) in [4.78, 5) is -0.0533. The van der Waals surface area contributed by atoms with E-state index in [2.05, 4.69) is 0 Å². The molecule has 9 heteroatoms. The summed E-state index contributed by atoms with van der Waals surface area (Å²) in [6.07, 6.45) is 0.753. The maximum atomic E-state index is 13.1. The molecule has 1 atom stereocenters. The third-order valence-corrected chi connectivity index (χ3v) is 8.93. The molecule has 0 amide bonds. The van der Waals surface area contributed by atoms with Crippen LogP contribution in [-0.4, -0.2) is 39.5 Å². The van der Waals surface area contributed by atoms with E-state index in [1.54, 1.807) is 12.1 Å². The van der Waals surface area contributed by atoms with Crippen molar-refractivity contribution in [2.75, 3.05) is 13.1 Å². The molecule has 140 valence electrons. The molecule has 2 aromatic carbocycles. The van der Waals surface area contributed by atoms with Gasteiger partial charge in [-0.15, -0.1) is 0 Å². The maximum Gasteiger partial charge on any atom is 0.244 e. The summed E-state index contributed by atoms with van der Waals surface area (Å²) >= 11 is 6.01. The Morgan fingerprint density at radius 2 is 1.65 bits per heavy atom. The van der Waals surface area contributed by atoms with Crippen LogP contribution in [-0.2, 0) is 19.9 Å². The van der Waals surface area contributed by atoms with Crippen LogP contribution in [0.15, 0.2) is 58.3 Å². The van der Waals surface area contributed by atoms with Crippen LogP contribution in [0.1, 0.15) is 12.8 Å². The quantitative estimate of drug-likeness (QED) is 0.716. The summed E-state index contributed by atoms with van der Waals surface area (Å²) < 4.78 is 65.5. The average molecular weight is 418 g/mol. The van der Waals surface area contributed by atoms with Gasteiger partial charge in [0.05, 0.1) is 15.2 Å². The Balaban J connectivity index is 1.90. The van der Waals surface area contributed by atoms with Crippen molar-refractivity contribution in [3.8, 4) is 0 Å². The van der Waals surface area contributed by atoms with Gasteiger partial charge < -0.3 is 0 Å². The molecule has 1 fully saturated rings. The molecule has 1 aliphatic heterocycles. The molecule has 0 saturated carbocycles. The van der Waals surface area contributed by atoms with Gasteiger partial charge in [0.1, 0.15) is 10.7 Å².